The quantitative estimate of drug-likeness (QED) is 0.824. The van der Waals surface area contributed by atoms with E-state index in [0.29, 0.717) is 16.0 Å². The monoisotopic (exact) mass is 337 g/mol. The number of ether oxygens (including phenoxy) is 1. The summed E-state index contributed by atoms with van der Waals surface area (Å²) in [6, 6.07) is 9.19. The molecule has 2 N–H and O–H groups in total. The molecule has 0 unspecified atom stereocenters. The van der Waals surface area contributed by atoms with Gasteiger partial charge in [0.1, 0.15) is 10.2 Å². The fraction of sp³-hybridized carbons (Fsp3) is 0.286. The predicted octanol–water partition coefficient (Wildman–Crippen LogP) is 3.45. The van der Waals surface area contributed by atoms with Gasteiger partial charge in [0.15, 0.2) is 11.3 Å². The van der Waals surface area contributed by atoms with Crippen molar-refractivity contribution in [3.63, 3.8) is 0 Å². The summed E-state index contributed by atoms with van der Waals surface area (Å²) in [5.74, 6) is 1.24. The Balaban J connectivity index is 2.54. The second kappa shape index (κ2) is 5.28. The SMILES string of the molecule is CC(C)(C)c1nc(Oc2ccccc2)c(Br)c(=N)n1O. The van der Waals surface area contributed by atoms with Gasteiger partial charge >= 0.3 is 0 Å². The lowest BCUT2D eigenvalue weighted by Gasteiger charge is -2.21. The third-order valence-corrected chi connectivity index (χ3v) is 3.36. The minimum atomic E-state index is -0.417. The molecule has 2 aromatic rings. The molecule has 0 aliphatic heterocycles. The summed E-state index contributed by atoms with van der Waals surface area (Å²) in [5, 5.41) is 17.9. The van der Waals surface area contributed by atoms with Crippen LogP contribution in [-0.4, -0.2) is 14.9 Å². The van der Waals surface area contributed by atoms with Crippen LogP contribution in [0.2, 0.25) is 0 Å². The maximum atomic E-state index is 9.99. The van der Waals surface area contributed by atoms with E-state index in [1.807, 2.05) is 39.0 Å². The largest absolute Gasteiger partial charge is 0.438 e. The van der Waals surface area contributed by atoms with Crippen LogP contribution in [-0.2, 0) is 5.41 Å². The standard InChI is InChI=1S/C14H16BrN3O2/c1-14(2,3)13-17-12(10(15)11(16)18(13)19)20-9-7-5-4-6-8-9/h4-8,16,19H,1-3H3. The van der Waals surface area contributed by atoms with Gasteiger partial charge < -0.3 is 9.94 Å². The highest BCUT2D eigenvalue weighted by molar-refractivity contribution is 9.10. The smallest absolute Gasteiger partial charge is 0.239 e. The minimum Gasteiger partial charge on any atom is -0.438 e. The molecule has 20 heavy (non-hydrogen) atoms. The normalized spacial score (nSPS) is 11.4. The lowest BCUT2D eigenvalue weighted by molar-refractivity contribution is 0.141. The van der Waals surface area contributed by atoms with Crippen LogP contribution in [0, 0.1) is 5.41 Å². The minimum absolute atomic E-state index is 0.101. The summed E-state index contributed by atoms with van der Waals surface area (Å²) in [6.07, 6.45) is 0. The highest BCUT2D eigenvalue weighted by Crippen LogP contribution is 2.28. The number of halogens is 1. The van der Waals surface area contributed by atoms with Crippen LogP contribution in [0.3, 0.4) is 0 Å². The maximum absolute atomic E-state index is 9.99. The molecule has 0 aliphatic carbocycles. The molecule has 0 saturated heterocycles. The lowest BCUT2D eigenvalue weighted by atomic mass is 9.96. The zero-order valence-electron chi connectivity index (χ0n) is 11.5. The van der Waals surface area contributed by atoms with Crippen LogP contribution in [0.25, 0.3) is 0 Å². The van der Waals surface area contributed by atoms with E-state index in [-0.39, 0.29) is 11.4 Å². The fourth-order valence-electron chi connectivity index (χ4n) is 1.65. The highest BCUT2D eigenvalue weighted by Gasteiger charge is 2.24. The number of nitrogens with one attached hydrogen (secondary N) is 1. The van der Waals surface area contributed by atoms with Crippen LogP contribution in [0.15, 0.2) is 34.8 Å². The molecule has 0 bridgehead atoms. The third-order valence-electron chi connectivity index (χ3n) is 2.64. The first-order valence-electron chi connectivity index (χ1n) is 6.10. The summed E-state index contributed by atoms with van der Waals surface area (Å²) in [4.78, 5) is 4.32. The number of aromatic nitrogens is 2. The Bertz CT molecular complexity index is 675. The molecule has 6 heteroatoms. The summed E-state index contributed by atoms with van der Waals surface area (Å²) < 4.78 is 6.75. The molecule has 5 nitrogen and oxygen atoms in total. The number of hydrogen-bond donors (Lipinski definition) is 2. The predicted molar refractivity (Wildman–Crippen MR) is 78.2 cm³/mol. The van der Waals surface area contributed by atoms with Crippen LogP contribution in [0.5, 0.6) is 11.6 Å². The van der Waals surface area contributed by atoms with Crippen molar-refractivity contribution >= 4 is 15.9 Å². The fourth-order valence-corrected chi connectivity index (χ4v) is 1.98. The topological polar surface area (TPSA) is 71.1 Å². The van der Waals surface area contributed by atoms with Crippen molar-refractivity contribution in [2.75, 3.05) is 0 Å². The Labute approximate surface area is 125 Å². The van der Waals surface area contributed by atoms with Crippen LogP contribution in [0.4, 0.5) is 0 Å². The van der Waals surface area contributed by atoms with Crippen molar-refractivity contribution in [3.05, 3.63) is 46.1 Å². The Hall–Kier alpha value is -1.82. The molecule has 1 aromatic carbocycles. The van der Waals surface area contributed by atoms with Crippen molar-refractivity contribution < 1.29 is 9.94 Å². The van der Waals surface area contributed by atoms with Crippen molar-refractivity contribution in [1.82, 2.24) is 9.71 Å². The van der Waals surface area contributed by atoms with E-state index >= 15 is 0 Å². The molecule has 0 radical (unpaired) electrons. The molecule has 0 fully saturated rings. The zero-order chi connectivity index (χ0) is 14.9. The van der Waals surface area contributed by atoms with E-state index in [1.54, 1.807) is 12.1 Å². The average Bonchev–Trinajstić information content (AvgIpc) is 2.39. The van der Waals surface area contributed by atoms with Crippen LogP contribution < -0.4 is 10.2 Å². The number of nitrogens with zero attached hydrogens (tertiary/aromatic N) is 2. The van der Waals surface area contributed by atoms with E-state index < -0.39 is 5.41 Å². The number of rotatable bonds is 2. The first kappa shape index (κ1) is 14.6. The molecule has 0 aliphatic rings. The highest BCUT2D eigenvalue weighted by atomic mass is 79.9. The molecule has 1 heterocycles. The van der Waals surface area contributed by atoms with Gasteiger partial charge in [-0.05, 0) is 28.1 Å². The van der Waals surface area contributed by atoms with Crippen LogP contribution in [0.1, 0.15) is 26.6 Å². The number of benzene rings is 1. The summed E-state index contributed by atoms with van der Waals surface area (Å²) >= 11 is 3.23. The van der Waals surface area contributed by atoms with Gasteiger partial charge in [-0.1, -0.05) is 39.0 Å². The van der Waals surface area contributed by atoms with Gasteiger partial charge in [-0.15, -0.1) is 0 Å². The maximum Gasteiger partial charge on any atom is 0.239 e. The third kappa shape index (κ3) is 2.85. The van der Waals surface area contributed by atoms with E-state index in [2.05, 4.69) is 20.9 Å². The second-order valence-corrected chi connectivity index (χ2v) is 6.17. The van der Waals surface area contributed by atoms with Crippen LogP contribution >= 0.6 is 15.9 Å². The van der Waals surface area contributed by atoms with E-state index in [4.69, 9.17) is 10.1 Å². The van der Waals surface area contributed by atoms with Gasteiger partial charge in [0.05, 0.1) is 0 Å². The molecule has 2 rings (SSSR count). The lowest BCUT2D eigenvalue weighted by Crippen LogP contribution is -2.31. The molecule has 0 spiro atoms. The van der Waals surface area contributed by atoms with E-state index in [9.17, 15) is 5.21 Å². The molecular weight excluding hydrogens is 322 g/mol. The van der Waals surface area contributed by atoms with Crippen molar-refractivity contribution in [1.29, 1.82) is 5.41 Å². The van der Waals surface area contributed by atoms with E-state index in [1.165, 1.54) is 0 Å². The zero-order valence-corrected chi connectivity index (χ0v) is 13.1. The number of para-hydroxylation sites is 1. The number of hydrogen-bond acceptors (Lipinski definition) is 4. The summed E-state index contributed by atoms with van der Waals surface area (Å²) in [7, 11) is 0. The van der Waals surface area contributed by atoms with Gasteiger partial charge in [-0.2, -0.15) is 9.71 Å². The molecule has 1 aromatic heterocycles. The van der Waals surface area contributed by atoms with Gasteiger partial charge in [-0.3, -0.25) is 5.41 Å². The molecule has 0 atom stereocenters. The average molecular weight is 338 g/mol. The first-order valence-corrected chi connectivity index (χ1v) is 6.90. The Morgan fingerprint density at radius 1 is 1.25 bits per heavy atom. The first-order chi connectivity index (χ1) is 9.30. The van der Waals surface area contributed by atoms with Crippen molar-refractivity contribution in [2.45, 2.75) is 26.2 Å². The second-order valence-electron chi connectivity index (χ2n) is 5.38. The van der Waals surface area contributed by atoms with Crippen molar-refractivity contribution in [2.24, 2.45) is 0 Å². The van der Waals surface area contributed by atoms with Gasteiger partial charge in [0, 0.05) is 5.41 Å². The molecule has 106 valence electrons. The Kier molecular flexibility index (Phi) is 3.85. The van der Waals surface area contributed by atoms with Gasteiger partial charge in [0.25, 0.3) is 0 Å². The van der Waals surface area contributed by atoms with Gasteiger partial charge in [0.2, 0.25) is 5.88 Å². The van der Waals surface area contributed by atoms with Crippen molar-refractivity contribution in [3.8, 4) is 11.6 Å². The van der Waals surface area contributed by atoms with Gasteiger partial charge in [-0.25, -0.2) is 0 Å². The Morgan fingerprint density at radius 2 is 1.85 bits per heavy atom. The van der Waals surface area contributed by atoms with E-state index in [0.717, 1.165) is 4.73 Å². The summed E-state index contributed by atoms with van der Waals surface area (Å²) in [6.45, 7) is 5.71. The molecule has 0 amide bonds. The molecular formula is C14H16BrN3O2. The molecule has 0 saturated carbocycles. The Morgan fingerprint density at radius 3 is 2.40 bits per heavy atom. The summed E-state index contributed by atoms with van der Waals surface area (Å²) in [5.41, 5.74) is -0.518.